The number of benzene rings is 2. The third kappa shape index (κ3) is 4.68. The number of rotatable bonds is 6. The molecule has 2 aromatic carbocycles. The number of aryl methyl sites for hydroxylation is 1. The van der Waals surface area contributed by atoms with Crippen molar-refractivity contribution in [1.82, 2.24) is 16.3 Å². The average molecular weight is 352 g/mol. The Morgan fingerprint density at radius 1 is 1.19 bits per heavy atom. The molecule has 0 aliphatic carbocycles. The molecule has 1 saturated heterocycles. The maximum absolute atomic E-state index is 12.3. The first-order chi connectivity index (χ1) is 12.7. The Hall–Kier alpha value is -2.70. The number of amides is 1. The highest BCUT2D eigenvalue weighted by atomic mass is 16.5. The van der Waals surface area contributed by atoms with Gasteiger partial charge in [-0.05, 0) is 55.7 Å². The van der Waals surface area contributed by atoms with E-state index in [0.29, 0.717) is 13.0 Å². The summed E-state index contributed by atoms with van der Waals surface area (Å²) in [7, 11) is 0. The SMILES string of the molecule is CCOc1ccc(/C=N/NC(=O)C2CC(c3ccc(C)cc3)NN2)cc1. The van der Waals surface area contributed by atoms with Gasteiger partial charge < -0.3 is 4.74 Å². The van der Waals surface area contributed by atoms with Crippen molar-refractivity contribution in [2.75, 3.05) is 6.61 Å². The molecule has 6 heteroatoms. The van der Waals surface area contributed by atoms with Crippen LogP contribution in [0.25, 0.3) is 0 Å². The fourth-order valence-electron chi connectivity index (χ4n) is 2.81. The van der Waals surface area contributed by atoms with Crippen molar-refractivity contribution in [3.63, 3.8) is 0 Å². The molecule has 2 unspecified atom stereocenters. The Morgan fingerprint density at radius 3 is 2.62 bits per heavy atom. The van der Waals surface area contributed by atoms with Gasteiger partial charge in [0, 0.05) is 6.04 Å². The van der Waals surface area contributed by atoms with Gasteiger partial charge in [-0.2, -0.15) is 5.10 Å². The summed E-state index contributed by atoms with van der Waals surface area (Å²) in [5.41, 5.74) is 12.1. The monoisotopic (exact) mass is 352 g/mol. The summed E-state index contributed by atoms with van der Waals surface area (Å²) in [4.78, 5) is 12.3. The molecule has 6 nitrogen and oxygen atoms in total. The lowest BCUT2D eigenvalue weighted by Crippen LogP contribution is -2.41. The molecule has 0 aromatic heterocycles. The smallest absolute Gasteiger partial charge is 0.258 e. The van der Waals surface area contributed by atoms with E-state index >= 15 is 0 Å². The first kappa shape index (κ1) is 18.1. The topological polar surface area (TPSA) is 74.8 Å². The van der Waals surface area contributed by atoms with E-state index < -0.39 is 0 Å². The molecule has 3 N–H and O–H groups in total. The molecule has 3 rings (SSSR count). The molecular weight excluding hydrogens is 328 g/mol. The summed E-state index contributed by atoms with van der Waals surface area (Å²) in [6, 6.07) is 15.6. The lowest BCUT2D eigenvalue weighted by Gasteiger charge is -2.09. The van der Waals surface area contributed by atoms with Crippen molar-refractivity contribution in [2.24, 2.45) is 5.10 Å². The number of ether oxygens (including phenoxy) is 1. The summed E-state index contributed by atoms with van der Waals surface area (Å²) in [6.07, 6.45) is 2.29. The standard InChI is InChI=1S/C20H24N4O2/c1-3-26-17-10-6-15(7-11-17)13-21-24-20(25)19-12-18(22-23-19)16-8-4-14(2)5-9-16/h4-11,13,18-19,22-23H,3,12H2,1-2H3,(H,24,25)/b21-13+. The van der Waals surface area contributed by atoms with Crippen LogP contribution in [0, 0.1) is 6.92 Å². The molecular formula is C20H24N4O2. The van der Waals surface area contributed by atoms with Crippen molar-refractivity contribution in [3.8, 4) is 5.75 Å². The molecule has 0 radical (unpaired) electrons. The van der Waals surface area contributed by atoms with E-state index in [0.717, 1.165) is 16.9 Å². The lowest BCUT2D eigenvalue weighted by atomic mass is 10.0. The van der Waals surface area contributed by atoms with Crippen LogP contribution < -0.4 is 21.0 Å². The largest absolute Gasteiger partial charge is 0.494 e. The maximum Gasteiger partial charge on any atom is 0.258 e. The number of carbonyl (C=O) groups is 1. The van der Waals surface area contributed by atoms with Crippen LogP contribution in [-0.4, -0.2) is 24.8 Å². The quantitative estimate of drug-likeness (QED) is 0.551. The highest BCUT2D eigenvalue weighted by molar-refractivity contribution is 5.85. The number of hydrogen-bond acceptors (Lipinski definition) is 5. The van der Waals surface area contributed by atoms with Crippen molar-refractivity contribution in [2.45, 2.75) is 32.4 Å². The minimum absolute atomic E-state index is 0.112. The van der Waals surface area contributed by atoms with Gasteiger partial charge in [0.1, 0.15) is 11.8 Å². The van der Waals surface area contributed by atoms with Gasteiger partial charge in [0.2, 0.25) is 0 Å². The second-order valence-corrected chi connectivity index (χ2v) is 6.28. The zero-order valence-corrected chi connectivity index (χ0v) is 15.0. The van der Waals surface area contributed by atoms with E-state index in [4.69, 9.17) is 4.74 Å². The molecule has 1 aliphatic heterocycles. The molecule has 136 valence electrons. The molecule has 0 saturated carbocycles. The number of hydrazone groups is 1. The first-order valence-corrected chi connectivity index (χ1v) is 8.79. The van der Waals surface area contributed by atoms with E-state index in [1.54, 1.807) is 6.21 Å². The molecule has 2 aromatic rings. The normalized spacial score (nSPS) is 19.6. The van der Waals surface area contributed by atoms with E-state index in [1.807, 2.05) is 31.2 Å². The molecule has 1 aliphatic rings. The molecule has 1 fully saturated rings. The maximum atomic E-state index is 12.3. The third-order valence-electron chi connectivity index (χ3n) is 4.28. The van der Waals surface area contributed by atoms with Crippen molar-refractivity contribution >= 4 is 12.1 Å². The van der Waals surface area contributed by atoms with Gasteiger partial charge in [-0.15, -0.1) is 0 Å². The summed E-state index contributed by atoms with van der Waals surface area (Å²) in [5.74, 6) is 0.659. The zero-order chi connectivity index (χ0) is 18.4. The summed E-state index contributed by atoms with van der Waals surface area (Å²) in [6.45, 7) is 4.64. The van der Waals surface area contributed by atoms with Crippen LogP contribution in [0.4, 0.5) is 0 Å². The molecule has 1 amide bonds. The van der Waals surface area contributed by atoms with Crippen LogP contribution in [-0.2, 0) is 4.79 Å². The number of hydrazine groups is 1. The summed E-state index contributed by atoms with van der Waals surface area (Å²) < 4.78 is 5.39. The van der Waals surface area contributed by atoms with Gasteiger partial charge in [-0.1, -0.05) is 29.8 Å². The molecule has 0 bridgehead atoms. The van der Waals surface area contributed by atoms with Crippen molar-refractivity contribution in [3.05, 3.63) is 65.2 Å². The predicted molar refractivity (Wildman–Crippen MR) is 102 cm³/mol. The number of hydrogen-bond donors (Lipinski definition) is 3. The van der Waals surface area contributed by atoms with Crippen LogP contribution in [0.2, 0.25) is 0 Å². The number of nitrogens with one attached hydrogen (secondary N) is 3. The van der Waals surface area contributed by atoms with Crippen molar-refractivity contribution in [1.29, 1.82) is 0 Å². The highest BCUT2D eigenvalue weighted by Crippen LogP contribution is 2.22. The van der Waals surface area contributed by atoms with Crippen LogP contribution in [0.15, 0.2) is 53.6 Å². The summed E-state index contributed by atoms with van der Waals surface area (Å²) in [5, 5.41) is 4.04. The first-order valence-electron chi connectivity index (χ1n) is 8.79. The second-order valence-electron chi connectivity index (χ2n) is 6.28. The zero-order valence-electron chi connectivity index (χ0n) is 15.0. The molecule has 26 heavy (non-hydrogen) atoms. The molecule has 0 spiro atoms. The third-order valence-corrected chi connectivity index (χ3v) is 4.28. The molecule has 1 heterocycles. The fraction of sp³-hybridized carbons (Fsp3) is 0.300. The Kier molecular flexibility index (Phi) is 5.99. The Bertz CT molecular complexity index is 756. The molecule has 2 atom stereocenters. The van der Waals surface area contributed by atoms with Crippen LogP contribution in [0.1, 0.15) is 36.1 Å². The minimum Gasteiger partial charge on any atom is -0.494 e. The fourth-order valence-corrected chi connectivity index (χ4v) is 2.81. The Balaban J connectivity index is 1.50. The highest BCUT2D eigenvalue weighted by Gasteiger charge is 2.29. The van der Waals surface area contributed by atoms with Gasteiger partial charge in [-0.25, -0.2) is 16.3 Å². The van der Waals surface area contributed by atoms with E-state index in [-0.39, 0.29) is 18.0 Å². The van der Waals surface area contributed by atoms with Crippen LogP contribution >= 0.6 is 0 Å². The van der Waals surface area contributed by atoms with Crippen LogP contribution in [0.3, 0.4) is 0 Å². The van der Waals surface area contributed by atoms with E-state index in [1.165, 1.54) is 5.56 Å². The van der Waals surface area contributed by atoms with Gasteiger partial charge >= 0.3 is 0 Å². The lowest BCUT2D eigenvalue weighted by molar-refractivity contribution is -0.122. The van der Waals surface area contributed by atoms with Gasteiger partial charge in [0.25, 0.3) is 5.91 Å². The van der Waals surface area contributed by atoms with Gasteiger partial charge in [-0.3, -0.25) is 4.79 Å². The van der Waals surface area contributed by atoms with Crippen molar-refractivity contribution < 1.29 is 9.53 Å². The number of carbonyl (C=O) groups excluding carboxylic acids is 1. The van der Waals surface area contributed by atoms with E-state index in [9.17, 15) is 4.79 Å². The average Bonchev–Trinajstić information content (AvgIpc) is 3.14. The predicted octanol–water partition coefficient (Wildman–Crippen LogP) is 2.45. The second kappa shape index (κ2) is 8.60. The Labute approximate surface area is 153 Å². The van der Waals surface area contributed by atoms with Crippen LogP contribution in [0.5, 0.6) is 5.75 Å². The van der Waals surface area contributed by atoms with Gasteiger partial charge in [0.15, 0.2) is 0 Å². The minimum atomic E-state index is -0.321. The Morgan fingerprint density at radius 2 is 1.92 bits per heavy atom. The summed E-state index contributed by atoms with van der Waals surface area (Å²) >= 11 is 0. The van der Waals surface area contributed by atoms with Gasteiger partial charge in [0.05, 0.1) is 12.8 Å². The number of nitrogens with zero attached hydrogens (tertiary/aromatic N) is 1. The van der Waals surface area contributed by atoms with E-state index in [2.05, 4.69) is 52.6 Å².